The van der Waals surface area contributed by atoms with E-state index in [1.807, 2.05) is 24.3 Å². The number of carbonyl (C=O) groups is 1. The fourth-order valence-corrected chi connectivity index (χ4v) is 3.30. The van der Waals surface area contributed by atoms with Gasteiger partial charge >= 0.3 is 0 Å². The molecule has 1 aliphatic heterocycles. The Hall–Kier alpha value is -2.51. The van der Waals surface area contributed by atoms with Crippen molar-refractivity contribution in [2.45, 2.75) is 13.0 Å². The number of amides is 1. The molecule has 2 aromatic carbocycles. The quantitative estimate of drug-likeness (QED) is 0.635. The van der Waals surface area contributed by atoms with Crippen LogP contribution in [0.25, 0.3) is 0 Å². The molecule has 0 bridgehead atoms. The third-order valence-corrected chi connectivity index (χ3v) is 5.05. The summed E-state index contributed by atoms with van der Waals surface area (Å²) in [6.45, 7) is 3.95. The highest BCUT2D eigenvalue weighted by atomic mass is 19.1. The summed E-state index contributed by atoms with van der Waals surface area (Å²) in [5.41, 5.74) is 1.59. The minimum Gasteiger partial charge on any atom is -0.497 e. The van der Waals surface area contributed by atoms with Crippen LogP contribution in [0.1, 0.15) is 11.1 Å². The van der Waals surface area contributed by atoms with Crippen LogP contribution in [0, 0.1) is 11.6 Å². The van der Waals surface area contributed by atoms with Gasteiger partial charge in [0.05, 0.1) is 13.7 Å². The SMILES string of the molecule is COc1ccc(CN2CCN(C(=O)COCCc3ccc(F)cc3F)CC2)cc1. The molecule has 0 radical (unpaired) electrons. The topological polar surface area (TPSA) is 42.0 Å². The Morgan fingerprint density at radius 1 is 1.03 bits per heavy atom. The lowest BCUT2D eigenvalue weighted by atomic mass is 10.1. The van der Waals surface area contributed by atoms with Gasteiger partial charge in [-0.05, 0) is 35.7 Å². The molecular formula is C22H26F2N2O3. The van der Waals surface area contributed by atoms with Crippen LogP contribution in [0.5, 0.6) is 5.75 Å². The fourth-order valence-electron chi connectivity index (χ4n) is 3.30. The van der Waals surface area contributed by atoms with Gasteiger partial charge < -0.3 is 14.4 Å². The van der Waals surface area contributed by atoms with Crippen LogP contribution in [0.3, 0.4) is 0 Å². The van der Waals surface area contributed by atoms with Crippen molar-refractivity contribution in [1.29, 1.82) is 0 Å². The Kier molecular flexibility index (Phi) is 7.55. The molecule has 1 saturated heterocycles. The lowest BCUT2D eigenvalue weighted by molar-refractivity contribution is -0.137. The zero-order chi connectivity index (χ0) is 20.6. The van der Waals surface area contributed by atoms with Crippen molar-refractivity contribution in [2.24, 2.45) is 0 Å². The van der Waals surface area contributed by atoms with Crippen LogP contribution in [0.2, 0.25) is 0 Å². The van der Waals surface area contributed by atoms with Gasteiger partial charge in [-0.25, -0.2) is 8.78 Å². The summed E-state index contributed by atoms with van der Waals surface area (Å²) in [7, 11) is 1.65. The van der Waals surface area contributed by atoms with E-state index < -0.39 is 11.6 Å². The van der Waals surface area contributed by atoms with Crippen LogP contribution in [0.4, 0.5) is 8.78 Å². The third kappa shape index (κ3) is 6.24. The van der Waals surface area contributed by atoms with Crippen molar-refractivity contribution < 1.29 is 23.0 Å². The van der Waals surface area contributed by atoms with Crippen LogP contribution in [-0.2, 0) is 22.5 Å². The summed E-state index contributed by atoms with van der Waals surface area (Å²) in [6, 6.07) is 11.5. The summed E-state index contributed by atoms with van der Waals surface area (Å²) in [5, 5.41) is 0. The van der Waals surface area contributed by atoms with Gasteiger partial charge in [0.15, 0.2) is 0 Å². The highest BCUT2D eigenvalue weighted by molar-refractivity contribution is 5.77. The fraction of sp³-hybridized carbons (Fsp3) is 0.409. The number of halogens is 2. The van der Waals surface area contributed by atoms with Gasteiger partial charge in [0, 0.05) is 38.8 Å². The van der Waals surface area contributed by atoms with Crippen molar-refractivity contribution in [3.8, 4) is 5.75 Å². The highest BCUT2D eigenvalue weighted by Gasteiger charge is 2.21. The van der Waals surface area contributed by atoms with E-state index in [1.54, 1.807) is 12.0 Å². The first-order chi connectivity index (χ1) is 14.0. The zero-order valence-electron chi connectivity index (χ0n) is 16.6. The molecule has 0 aliphatic carbocycles. The van der Waals surface area contributed by atoms with E-state index in [0.717, 1.165) is 31.5 Å². The monoisotopic (exact) mass is 404 g/mol. The Balaban J connectivity index is 1.35. The first-order valence-corrected chi connectivity index (χ1v) is 9.70. The second kappa shape index (κ2) is 10.3. The lowest BCUT2D eigenvalue weighted by Gasteiger charge is -2.34. The molecule has 5 nitrogen and oxygen atoms in total. The largest absolute Gasteiger partial charge is 0.497 e. The molecule has 3 rings (SSSR count). The summed E-state index contributed by atoms with van der Waals surface area (Å²) in [4.78, 5) is 16.4. The second-order valence-corrected chi connectivity index (χ2v) is 7.04. The molecule has 0 aromatic heterocycles. The second-order valence-electron chi connectivity index (χ2n) is 7.04. The van der Waals surface area contributed by atoms with Gasteiger partial charge in [0.2, 0.25) is 5.91 Å². The van der Waals surface area contributed by atoms with E-state index in [4.69, 9.17) is 9.47 Å². The number of hydrogen-bond donors (Lipinski definition) is 0. The Morgan fingerprint density at radius 2 is 1.76 bits per heavy atom. The normalized spacial score (nSPS) is 14.8. The van der Waals surface area contributed by atoms with Crippen LogP contribution < -0.4 is 4.74 Å². The maximum Gasteiger partial charge on any atom is 0.248 e. The standard InChI is InChI=1S/C22H26F2N2O3/c1-28-20-6-2-17(3-7-20)15-25-9-11-26(12-10-25)22(27)16-29-13-8-18-4-5-19(23)14-21(18)24/h2-7,14H,8-13,15-16H2,1H3. The number of rotatable bonds is 8. The van der Waals surface area contributed by atoms with Gasteiger partial charge in [0.25, 0.3) is 0 Å². The number of methoxy groups -OCH3 is 1. The van der Waals surface area contributed by atoms with Gasteiger partial charge in [0.1, 0.15) is 24.0 Å². The third-order valence-electron chi connectivity index (χ3n) is 5.05. The molecule has 0 N–H and O–H groups in total. The molecule has 1 amide bonds. The van der Waals surface area contributed by atoms with Crippen LogP contribution >= 0.6 is 0 Å². The molecule has 0 spiro atoms. The van der Waals surface area contributed by atoms with Crippen molar-refractivity contribution >= 4 is 5.91 Å². The average Bonchev–Trinajstić information content (AvgIpc) is 2.73. The van der Waals surface area contributed by atoms with Gasteiger partial charge in [-0.3, -0.25) is 9.69 Å². The van der Waals surface area contributed by atoms with E-state index in [2.05, 4.69) is 4.90 Å². The number of ether oxygens (including phenoxy) is 2. The molecule has 29 heavy (non-hydrogen) atoms. The molecular weight excluding hydrogens is 378 g/mol. The molecule has 156 valence electrons. The van der Waals surface area contributed by atoms with Crippen molar-refractivity contribution in [3.05, 3.63) is 65.2 Å². The molecule has 2 aromatic rings. The molecule has 1 aliphatic rings. The van der Waals surface area contributed by atoms with E-state index in [9.17, 15) is 13.6 Å². The molecule has 7 heteroatoms. The number of piperazine rings is 1. The van der Waals surface area contributed by atoms with Crippen molar-refractivity contribution in [2.75, 3.05) is 46.5 Å². The van der Waals surface area contributed by atoms with Crippen LogP contribution in [-0.4, -0.2) is 62.2 Å². The highest BCUT2D eigenvalue weighted by Crippen LogP contribution is 2.14. The Bertz CT molecular complexity index is 806. The van der Waals surface area contributed by atoms with Gasteiger partial charge in [-0.2, -0.15) is 0 Å². The maximum absolute atomic E-state index is 13.6. The smallest absolute Gasteiger partial charge is 0.248 e. The van der Waals surface area contributed by atoms with E-state index in [0.29, 0.717) is 25.1 Å². The number of carbonyl (C=O) groups excluding carboxylic acids is 1. The molecule has 1 fully saturated rings. The summed E-state index contributed by atoms with van der Waals surface area (Å²) < 4.78 is 37.1. The molecule has 0 atom stereocenters. The van der Waals surface area contributed by atoms with Crippen molar-refractivity contribution in [3.63, 3.8) is 0 Å². The summed E-state index contributed by atoms with van der Waals surface area (Å²) >= 11 is 0. The van der Waals surface area contributed by atoms with Crippen molar-refractivity contribution in [1.82, 2.24) is 9.80 Å². The molecule has 0 unspecified atom stereocenters. The average molecular weight is 404 g/mol. The predicted molar refractivity (Wildman–Crippen MR) is 106 cm³/mol. The minimum absolute atomic E-state index is 0.0265. The first kappa shape index (κ1) is 21.2. The lowest BCUT2D eigenvalue weighted by Crippen LogP contribution is -2.49. The summed E-state index contributed by atoms with van der Waals surface area (Å²) in [6.07, 6.45) is 0.301. The zero-order valence-corrected chi connectivity index (χ0v) is 16.6. The number of nitrogens with zero attached hydrogens (tertiary/aromatic N) is 2. The van der Waals surface area contributed by atoms with E-state index >= 15 is 0 Å². The Morgan fingerprint density at radius 3 is 2.41 bits per heavy atom. The van der Waals surface area contributed by atoms with E-state index in [1.165, 1.54) is 17.7 Å². The van der Waals surface area contributed by atoms with Gasteiger partial charge in [-0.15, -0.1) is 0 Å². The number of benzene rings is 2. The molecule has 1 heterocycles. The maximum atomic E-state index is 13.6. The minimum atomic E-state index is -0.603. The first-order valence-electron chi connectivity index (χ1n) is 9.70. The summed E-state index contributed by atoms with van der Waals surface area (Å²) in [5.74, 6) is -0.415. The van der Waals surface area contributed by atoms with E-state index in [-0.39, 0.29) is 19.1 Å². The number of hydrogen-bond acceptors (Lipinski definition) is 4. The van der Waals surface area contributed by atoms with Crippen LogP contribution in [0.15, 0.2) is 42.5 Å². The van der Waals surface area contributed by atoms with Gasteiger partial charge in [-0.1, -0.05) is 18.2 Å². The molecule has 0 saturated carbocycles. The predicted octanol–water partition coefficient (Wildman–Crippen LogP) is 2.88. The Labute approximate surface area is 169 Å².